The van der Waals surface area contributed by atoms with Gasteiger partial charge in [-0.2, -0.15) is 0 Å². The number of rotatable bonds is 2. The number of aromatic nitrogens is 3. The minimum Gasteiger partial charge on any atom is -0.383 e. The number of pyridine rings is 1. The van der Waals surface area contributed by atoms with E-state index in [0.29, 0.717) is 11.9 Å². The van der Waals surface area contributed by atoms with Gasteiger partial charge < -0.3 is 10.3 Å². The van der Waals surface area contributed by atoms with Crippen LogP contribution in [0.1, 0.15) is 31.4 Å². The molecule has 0 saturated carbocycles. The molecule has 0 spiro atoms. The first-order chi connectivity index (χ1) is 8.00. The first-order valence-corrected chi connectivity index (χ1v) is 5.78. The van der Waals surface area contributed by atoms with Gasteiger partial charge in [0.05, 0.1) is 0 Å². The lowest BCUT2D eigenvalue weighted by Crippen LogP contribution is -2.07. The summed E-state index contributed by atoms with van der Waals surface area (Å²) in [6.07, 6.45) is 1.82. The van der Waals surface area contributed by atoms with E-state index in [1.165, 1.54) is 0 Å². The van der Waals surface area contributed by atoms with Gasteiger partial charge >= 0.3 is 0 Å². The van der Waals surface area contributed by atoms with Crippen LogP contribution in [0, 0.1) is 13.8 Å². The standard InChI is InChI=1S/C13H18N4/c1-8(2)17-10(4)16-12(13(17)14)11-6-5-9(3)15-7-11/h5-8H,14H2,1-4H3. The number of anilines is 1. The summed E-state index contributed by atoms with van der Waals surface area (Å²) in [4.78, 5) is 8.80. The minimum absolute atomic E-state index is 0.314. The highest BCUT2D eigenvalue weighted by Gasteiger charge is 2.15. The first-order valence-electron chi connectivity index (χ1n) is 5.78. The lowest BCUT2D eigenvalue weighted by molar-refractivity contribution is 0.590. The van der Waals surface area contributed by atoms with Crippen molar-refractivity contribution >= 4 is 5.82 Å². The second-order valence-corrected chi connectivity index (χ2v) is 4.54. The molecule has 4 nitrogen and oxygen atoms in total. The maximum atomic E-state index is 6.15. The Morgan fingerprint density at radius 2 is 1.94 bits per heavy atom. The van der Waals surface area contributed by atoms with Gasteiger partial charge in [0.25, 0.3) is 0 Å². The summed E-state index contributed by atoms with van der Waals surface area (Å²) >= 11 is 0. The number of aryl methyl sites for hydroxylation is 2. The van der Waals surface area contributed by atoms with Gasteiger partial charge in [-0.05, 0) is 39.8 Å². The Bertz CT molecular complexity index is 523. The molecule has 2 aromatic rings. The number of nitrogens with two attached hydrogens (primary N) is 1. The molecule has 0 atom stereocenters. The number of hydrogen-bond donors (Lipinski definition) is 1. The van der Waals surface area contributed by atoms with Crippen LogP contribution < -0.4 is 5.73 Å². The van der Waals surface area contributed by atoms with Crippen molar-refractivity contribution in [3.8, 4) is 11.3 Å². The average Bonchev–Trinajstić information content (AvgIpc) is 2.55. The summed E-state index contributed by atoms with van der Waals surface area (Å²) in [5, 5.41) is 0. The van der Waals surface area contributed by atoms with Gasteiger partial charge in [-0.25, -0.2) is 4.98 Å². The predicted molar refractivity (Wildman–Crippen MR) is 69.7 cm³/mol. The van der Waals surface area contributed by atoms with Crippen molar-refractivity contribution in [2.75, 3.05) is 5.73 Å². The summed E-state index contributed by atoms with van der Waals surface area (Å²) in [5.41, 5.74) is 8.93. The van der Waals surface area contributed by atoms with Crippen molar-refractivity contribution in [2.24, 2.45) is 0 Å². The van der Waals surface area contributed by atoms with Crippen LogP contribution in [-0.4, -0.2) is 14.5 Å². The summed E-state index contributed by atoms with van der Waals surface area (Å²) in [6, 6.07) is 4.29. The van der Waals surface area contributed by atoms with E-state index < -0.39 is 0 Å². The van der Waals surface area contributed by atoms with E-state index in [-0.39, 0.29) is 0 Å². The molecule has 90 valence electrons. The molecule has 2 aromatic heterocycles. The zero-order chi connectivity index (χ0) is 12.6. The van der Waals surface area contributed by atoms with Crippen molar-refractivity contribution in [3.05, 3.63) is 29.8 Å². The summed E-state index contributed by atoms with van der Waals surface area (Å²) in [7, 11) is 0. The molecule has 17 heavy (non-hydrogen) atoms. The molecule has 0 saturated heterocycles. The molecule has 0 aliphatic rings. The second-order valence-electron chi connectivity index (χ2n) is 4.54. The largest absolute Gasteiger partial charge is 0.383 e. The highest BCUT2D eigenvalue weighted by Crippen LogP contribution is 2.28. The van der Waals surface area contributed by atoms with Gasteiger partial charge in [0.2, 0.25) is 0 Å². The van der Waals surface area contributed by atoms with Gasteiger partial charge in [-0.15, -0.1) is 0 Å². The van der Waals surface area contributed by atoms with Gasteiger partial charge in [-0.3, -0.25) is 4.98 Å². The third-order valence-corrected chi connectivity index (χ3v) is 2.83. The number of nitrogens with zero attached hydrogens (tertiary/aromatic N) is 3. The molecule has 0 bridgehead atoms. The Morgan fingerprint density at radius 3 is 2.41 bits per heavy atom. The molecule has 2 heterocycles. The highest BCUT2D eigenvalue weighted by atomic mass is 15.2. The minimum atomic E-state index is 0.314. The predicted octanol–water partition coefficient (Wildman–Crippen LogP) is 2.73. The molecular formula is C13H18N4. The summed E-state index contributed by atoms with van der Waals surface area (Å²) in [5.74, 6) is 1.65. The molecule has 0 unspecified atom stereocenters. The lowest BCUT2D eigenvalue weighted by atomic mass is 10.2. The van der Waals surface area contributed by atoms with Crippen LogP contribution in [-0.2, 0) is 0 Å². The molecule has 0 aliphatic heterocycles. The van der Waals surface area contributed by atoms with E-state index in [2.05, 4.69) is 23.8 Å². The van der Waals surface area contributed by atoms with Gasteiger partial charge in [0.1, 0.15) is 17.3 Å². The maximum absolute atomic E-state index is 6.15. The van der Waals surface area contributed by atoms with Crippen molar-refractivity contribution in [1.29, 1.82) is 0 Å². The molecule has 0 amide bonds. The topological polar surface area (TPSA) is 56.7 Å². The Morgan fingerprint density at radius 1 is 1.24 bits per heavy atom. The van der Waals surface area contributed by atoms with E-state index in [4.69, 9.17) is 5.73 Å². The van der Waals surface area contributed by atoms with E-state index in [1.807, 2.05) is 36.7 Å². The van der Waals surface area contributed by atoms with E-state index in [0.717, 1.165) is 22.8 Å². The fourth-order valence-electron chi connectivity index (χ4n) is 2.03. The van der Waals surface area contributed by atoms with Crippen LogP contribution in [0.4, 0.5) is 5.82 Å². The van der Waals surface area contributed by atoms with Crippen molar-refractivity contribution < 1.29 is 0 Å². The van der Waals surface area contributed by atoms with E-state index in [9.17, 15) is 0 Å². The monoisotopic (exact) mass is 230 g/mol. The average molecular weight is 230 g/mol. The first kappa shape index (κ1) is 11.6. The molecule has 0 aliphatic carbocycles. The zero-order valence-corrected chi connectivity index (χ0v) is 10.7. The van der Waals surface area contributed by atoms with Crippen LogP contribution in [0.25, 0.3) is 11.3 Å². The third kappa shape index (κ3) is 2.02. The van der Waals surface area contributed by atoms with Crippen molar-refractivity contribution in [3.63, 3.8) is 0 Å². The summed E-state index contributed by atoms with van der Waals surface area (Å²) < 4.78 is 2.04. The smallest absolute Gasteiger partial charge is 0.132 e. The van der Waals surface area contributed by atoms with Crippen LogP contribution in [0.15, 0.2) is 18.3 Å². The van der Waals surface area contributed by atoms with Crippen molar-refractivity contribution in [2.45, 2.75) is 33.7 Å². The fraction of sp³-hybridized carbons (Fsp3) is 0.385. The number of hydrogen-bond acceptors (Lipinski definition) is 3. The van der Waals surface area contributed by atoms with E-state index >= 15 is 0 Å². The number of imidazole rings is 1. The normalized spacial score (nSPS) is 11.1. The Kier molecular flexibility index (Phi) is 2.88. The van der Waals surface area contributed by atoms with Crippen LogP contribution >= 0.6 is 0 Å². The summed E-state index contributed by atoms with van der Waals surface area (Å²) in [6.45, 7) is 8.14. The lowest BCUT2D eigenvalue weighted by Gasteiger charge is -2.11. The molecule has 0 fully saturated rings. The molecule has 2 rings (SSSR count). The third-order valence-electron chi connectivity index (χ3n) is 2.83. The van der Waals surface area contributed by atoms with Gasteiger partial charge in [0, 0.05) is 23.5 Å². The fourth-order valence-corrected chi connectivity index (χ4v) is 2.03. The molecule has 2 N–H and O–H groups in total. The quantitative estimate of drug-likeness (QED) is 0.863. The molecule has 0 radical (unpaired) electrons. The van der Waals surface area contributed by atoms with Gasteiger partial charge in [-0.1, -0.05) is 0 Å². The number of nitrogen functional groups attached to an aromatic ring is 1. The Hall–Kier alpha value is -1.84. The SMILES string of the molecule is Cc1ccc(-c2nc(C)n(C(C)C)c2N)cn1. The van der Waals surface area contributed by atoms with Crippen LogP contribution in [0.3, 0.4) is 0 Å². The molecule has 4 heteroatoms. The molecule has 0 aromatic carbocycles. The van der Waals surface area contributed by atoms with Crippen LogP contribution in [0.5, 0.6) is 0 Å². The van der Waals surface area contributed by atoms with Gasteiger partial charge in [0.15, 0.2) is 0 Å². The molecular weight excluding hydrogens is 212 g/mol. The highest BCUT2D eigenvalue weighted by molar-refractivity contribution is 5.70. The Labute approximate surface area is 102 Å². The van der Waals surface area contributed by atoms with Crippen LogP contribution in [0.2, 0.25) is 0 Å². The zero-order valence-electron chi connectivity index (χ0n) is 10.7. The maximum Gasteiger partial charge on any atom is 0.132 e. The van der Waals surface area contributed by atoms with Crippen molar-refractivity contribution in [1.82, 2.24) is 14.5 Å². The Balaban J connectivity index is 2.53. The van der Waals surface area contributed by atoms with E-state index in [1.54, 1.807) is 0 Å². The second kappa shape index (κ2) is 4.20.